The van der Waals surface area contributed by atoms with Gasteiger partial charge in [-0.1, -0.05) is 0 Å². The molecule has 0 aliphatic carbocycles. The second-order valence-electron chi connectivity index (χ2n) is 5.90. The number of hydrogen-bond acceptors (Lipinski definition) is 6. The van der Waals surface area contributed by atoms with Crippen LogP contribution in [0.4, 0.5) is 0 Å². The van der Waals surface area contributed by atoms with Gasteiger partial charge in [-0.05, 0) is 18.6 Å². The quantitative estimate of drug-likeness (QED) is 0.703. The molecule has 0 N–H and O–H groups in total. The van der Waals surface area contributed by atoms with Crippen LogP contribution in [0.5, 0.6) is 11.5 Å². The summed E-state index contributed by atoms with van der Waals surface area (Å²) in [5, 5.41) is 0. The van der Waals surface area contributed by atoms with E-state index in [2.05, 4.69) is 4.90 Å². The van der Waals surface area contributed by atoms with E-state index in [1.54, 1.807) is 29.6 Å². The van der Waals surface area contributed by atoms with Crippen molar-refractivity contribution in [3.63, 3.8) is 0 Å². The van der Waals surface area contributed by atoms with Gasteiger partial charge < -0.3 is 19.1 Å². The largest absolute Gasteiger partial charge is 0.486 e. The fraction of sp³-hybridized carbons (Fsp3) is 0.625. The lowest BCUT2D eigenvalue weighted by molar-refractivity contribution is 0.149. The van der Waals surface area contributed by atoms with Crippen LogP contribution in [0.15, 0.2) is 23.1 Å². The molecule has 0 atom stereocenters. The summed E-state index contributed by atoms with van der Waals surface area (Å²) in [5.74, 6) is 1.10. The van der Waals surface area contributed by atoms with Gasteiger partial charge in [0, 0.05) is 52.5 Å². The van der Waals surface area contributed by atoms with Gasteiger partial charge in [0.1, 0.15) is 13.2 Å². The fourth-order valence-corrected chi connectivity index (χ4v) is 4.40. The highest BCUT2D eigenvalue weighted by atomic mass is 32.2. The third kappa shape index (κ3) is 3.83. The number of hydrogen-bond donors (Lipinski definition) is 0. The van der Waals surface area contributed by atoms with E-state index < -0.39 is 10.0 Å². The smallest absolute Gasteiger partial charge is 0.243 e. The van der Waals surface area contributed by atoms with Gasteiger partial charge in [-0.3, -0.25) is 0 Å². The third-order valence-corrected chi connectivity index (χ3v) is 6.20. The molecule has 2 aliphatic rings. The molecule has 7 nitrogen and oxygen atoms in total. The predicted molar refractivity (Wildman–Crippen MR) is 89.1 cm³/mol. The molecule has 1 aromatic rings. The second kappa shape index (κ2) is 7.69. The Bertz CT molecular complexity index is 656. The molecule has 134 valence electrons. The maximum atomic E-state index is 12.8. The maximum absolute atomic E-state index is 12.8. The van der Waals surface area contributed by atoms with Crippen molar-refractivity contribution in [1.82, 2.24) is 9.21 Å². The van der Waals surface area contributed by atoms with E-state index in [4.69, 9.17) is 14.2 Å². The van der Waals surface area contributed by atoms with Crippen LogP contribution in [0.25, 0.3) is 0 Å². The standard InChI is InChI=1S/C16H24N2O5S/c1-21-10-2-5-17-6-8-18(9-7-17)24(19,20)14-3-4-15-16(13-14)23-12-11-22-15/h3-4,13H,2,5-12H2,1H3. The van der Waals surface area contributed by atoms with E-state index in [0.29, 0.717) is 37.8 Å². The van der Waals surface area contributed by atoms with Gasteiger partial charge in [-0.25, -0.2) is 8.42 Å². The molecule has 2 heterocycles. The zero-order valence-corrected chi connectivity index (χ0v) is 14.8. The molecule has 0 radical (unpaired) electrons. The minimum atomic E-state index is -3.50. The van der Waals surface area contributed by atoms with Gasteiger partial charge in [0.05, 0.1) is 4.90 Å². The third-order valence-electron chi connectivity index (χ3n) is 4.31. The van der Waals surface area contributed by atoms with E-state index in [1.165, 1.54) is 0 Å². The molecule has 8 heteroatoms. The zero-order valence-electron chi connectivity index (χ0n) is 13.9. The fourth-order valence-electron chi connectivity index (χ4n) is 2.96. The lowest BCUT2D eigenvalue weighted by atomic mass is 10.3. The first-order valence-electron chi connectivity index (χ1n) is 8.22. The van der Waals surface area contributed by atoms with Gasteiger partial charge in [-0.15, -0.1) is 0 Å². The first kappa shape index (κ1) is 17.5. The Kier molecular flexibility index (Phi) is 5.60. The first-order valence-corrected chi connectivity index (χ1v) is 9.66. The van der Waals surface area contributed by atoms with Crippen molar-refractivity contribution in [3.05, 3.63) is 18.2 Å². The van der Waals surface area contributed by atoms with Gasteiger partial charge >= 0.3 is 0 Å². The summed E-state index contributed by atoms with van der Waals surface area (Å²) < 4.78 is 43.2. The van der Waals surface area contributed by atoms with E-state index >= 15 is 0 Å². The number of fused-ring (bicyclic) bond motifs is 1. The van der Waals surface area contributed by atoms with Gasteiger partial charge in [0.15, 0.2) is 11.5 Å². The van der Waals surface area contributed by atoms with Crippen LogP contribution >= 0.6 is 0 Å². The molecular formula is C16H24N2O5S. The van der Waals surface area contributed by atoms with E-state index in [0.717, 1.165) is 32.7 Å². The van der Waals surface area contributed by atoms with Crippen molar-refractivity contribution in [1.29, 1.82) is 0 Å². The predicted octanol–water partition coefficient (Wildman–Crippen LogP) is 0.801. The van der Waals surface area contributed by atoms with Crippen molar-refractivity contribution < 1.29 is 22.6 Å². The van der Waals surface area contributed by atoms with Crippen molar-refractivity contribution >= 4 is 10.0 Å². The number of benzene rings is 1. The molecule has 1 saturated heterocycles. The monoisotopic (exact) mass is 356 g/mol. The van der Waals surface area contributed by atoms with Crippen LogP contribution < -0.4 is 9.47 Å². The molecule has 2 aliphatic heterocycles. The van der Waals surface area contributed by atoms with Crippen LogP contribution in [0.1, 0.15) is 6.42 Å². The first-order chi connectivity index (χ1) is 11.6. The Morgan fingerprint density at radius 3 is 2.50 bits per heavy atom. The Balaban J connectivity index is 1.64. The molecule has 0 amide bonds. The summed E-state index contributed by atoms with van der Waals surface area (Å²) in [6.45, 7) is 5.09. The van der Waals surface area contributed by atoms with Gasteiger partial charge in [-0.2, -0.15) is 4.31 Å². The average Bonchev–Trinajstić information content (AvgIpc) is 2.62. The Morgan fingerprint density at radius 1 is 1.08 bits per heavy atom. The molecule has 3 rings (SSSR count). The van der Waals surface area contributed by atoms with Crippen molar-refractivity contribution in [3.8, 4) is 11.5 Å². The number of piperazine rings is 1. The van der Waals surface area contributed by atoms with Crippen LogP contribution in [0.2, 0.25) is 0 Å². The number of sulfonamides is 1. The molecule has 1 fully saturated rings. The van der Waals surface area contributed by atoms with Crippen LogP contribution in [-0.2, 0) is 14.8 Å². The molecule has 0 saturated carbocycles. The number of ether oxygens (including phenoxy) is 3. The van der Waals surface area contributed by atoms with Crippen molar-refractivity contribution in [2.75, 3.05) is 59.7 Å². The number of rotatable bonds is 6. The highest BCUT2D eigenvalue weighted by Gasteiger charge is 2.29. The summed E-state index contributed by atoms with van der Waals surface area (Å²) in [4.78, 5) is 2.54. The Morgan fingerprint density at radius 2 is 1.79 bits per heavy atom. The molecule has 1 aromatic carbocycles. The van der Waals surface area contributed by atoms with E-state index in [-0.39, 0.29) is 4.90 Å². The minimum absolute atomic E-state index is 0.264. The van der Waals surface area contributed by atoms with Crippen molar-refractivity contribution in [2.45, 2.75) is 11.3 Å². The molecule has 0 unspecified atom stereocenters. The summed E-state index contributed by atoms with van der Waals surface area (Å²) >= 11 is 0. The van der Waals surface area contributed by atoms with E-state index in [1.807, 2.05) is 0 Å². The summed E-state index contributed by atoms with van der Waals surface area (Å²) in [6, 6.07) is 4.82. The molecule has 0 aromatic heterocycles. The highest BCUT2D eigenvalue weighted by Crippen LogP contribution is 2.33. The Hall–Kier alpha value is -1.35. The average molecular weight is 356 g/mol. The zero-order chi connectivity index (χ0) is 17.0. The SMILES string of the molecule is COCCCN1CCN(S(=O)(=O)c2ccc3c(c2)OCCO3)CC1. The summed E-state index contributed by atoms with van der Waals surface area (Å²) in [7, 11) is -1.81. The highest BCUT2D eigenvalue weighted by molar-refractivity contribution is 7.89. The van der Waals surface area contributed by atoms with Crippen LogP contribution in [-0.4, -0.2) is 77.3 Å². The lowest BCUT2D eigenvalue weighted by Gasteiger charge is -2.34. The summed E-state index contributed by atoms with van der Waals surface area (Å²) in [6.07, 6.45) is 0.964. The molecule has 0 spiro atoms. The maximum Gasteiger partial charge on any atom is 0.243 e. The lowest BCUT2D eigenvalue weighted by Crippen LogP contribution is -2.48. The Labute approximate surface area is 143 Å². The topological polar surface area (TPSA) is 68.3 Å². The summed E-state index contributed by atoms with van der Waals surface area (Å²) in [5.41, 5.74) is 0. The van der Waals surface area contributed by atoms with Crippen LogP contribution in [0.3, 0.4) is 0 Å². The van der Waals surface area contributed by atoms with Gasteiger partial charge in [0.25, 0.3) is 0 Å². The van der Waals surface area contributed by atoms with Crippen molar-refractivity contribution in [2.24, 2.45) is 0 Å². The van der Waals surface area contributed by atoms with Gasteiger partial charge in [0.2, 0.25) is 10.0 Å². The second-order valence-corrected chi connectivity index (χ2v) is 7.84. The minimum Gasteiger partial charge on any atom is -0.486 e. The number of methoxy groups -OCH3 is 1. The van der Waals surface area contributed by atoms with E-state index in [9.17, 15) is 8.42 Å². The normalized spacial score (nSPS) is 19.4. The molecule has 24 heavy (non-hydrogen) atoms. The molecular weight excluding hydrogens is 332 g/mol. The number of nitrogens with zero attached hydrogens (tertiary/aromatic N) is 2. The van der Waals surface area contributed by atoms with Crippen LogP contribution in [0, 0.1) is 0 Å². The molecule has 0 bridgehead atoms.